The zero-order valence-corrected chi connectivity index (χ0v) is 8.81. The molecule has 1 saturated heterocycles. The van der Waals surface area contributed by atoms with Crippen molar-refractivity contribution in [3.63, 3.8) is 0 Å². The number of aliphatic hydroxyl groups excluding tert-OH is 1. The number of pyridine rings is 1. The van der Waals surface area contributed by atoms with Crippen molar-refractivity contribution in [3.05, 3.63) is 29.0 Å². The van der Waals surface area contributed by atoms with Crippen LogP contribution < -0.4 is 0 Å². The van der Waals surface area contributed by atoms with E-state index in [0.29, 0.717) is 30.2 Å². The van der Waals surface area contributed by atoms with Gasteiger partial charge in [0.05, 0.1) is 11.7 Å². The van der Waals surface area contributed by atoms with E-state index in [1.54, 1.807) is 17.0 Å². The maximum atomic E-state index is 11.8. The van der Waals surface area contributed by atoms with Gasteiger partial charge in [-0.1, -0.05) is 11.6 Å². The third-order valence-electron chi connectivity index (χ3n) is 2.42. The van der Waals surface area contributed by atoms with Crippen molar-refractivity contribution in [3.8, 4) is 0 Å². The van der Waals surface area contributed by atoms with E-state index in [1.165, 1.54) is 6.20 Å². The van der Waals surface area contributed by atoms with E-state index in [0.717, 1.165) is 0 Å². The van der Waals surface area contributed by atoms with E-state index >= 15 is 0 Å². The molecule has 1 atom stereocenters. The zero-order chi connectivity index (χ0) is 10.8. The van der Waals surface area contributed by atoms with Crippen molar-refractivity contribution in [2.75, 3.05) is 13.1 Å². The summed E-state index contributed by atoms with van der Waals surface area (Å²) in [6, 6.07) is 3.23. The van der Waals surface area contributed by atoms with Crippen LogP contribution in [0.1, 0.15) is 16.8 Å². The lowest BCUT2D eigenvalue weighted by Crippen LogP contribution is -2.29. The molecule has 1 aliphatic heterocycles. The van der Waals surface area contributed by atoms with Crippen LogP contribution >= 0.6 is 11.6 Å². The molecule has 0 unspecified atom stereocenters. The average molecular weight is 227 g/mol. The summed E-state index contributed by atoms with van der Waals surface area (Å²) in [6.07, 6.45) is 1.71. The monoisotopic (exact) mass is 226 g/mol. The van der Waals surface area contributed by atoms with Gasteiger partial charge in [-0.3, -0.25) is 4.79 Å². The van der Waals surface area contributed by atoms with Gasteiger partial charge in [-0.25, -0.2) is 4.98 Å². The summed E-state index contributed by atoms with van der Waals surface area (Å²) in [5, 5.41) is 9.68. The quantitative estimate of drug-likeness (QED) is 0.726. The molecule has 0 bridgehead atoms. The summed E-state index contributed by atoms with van der Waals surface area (Å²) in [4.78, 5) is 17.3. The fourth-order valence-electron chi connectivity index (χ4n) is 1.61. The standard InChI is InChI=1S/C10H11ClN2O2/c11-9-2-1-7(5-12-9)10(15)13-4-3-8(14)6-13/h1-2,5,8,14H,3-4,6H2/t8-/m0/s1. The van der Waals surface area contributed by atoms with Crippen LogP contribution in [0.3, 0.4) is 0 Å². The summed E-state index contributed by atoms with van der Waals surface area (Å²) < 4.78 is 0. The molecule has 1 amide bonds. The highest BCUT2D eigenvalue weighted by molar-refractivity contribution is 6.29. The Kier molecular flexibility index (Phi) is 2.88. The predicted octanol–water partition coefficient (Wildman–Crippen LogP) is 0.942. The number of aromatic nitrogens is 1. The van der Waals surface area contributed by atoms with Crippen LogP contribution in [-0.4, -0.2) is 40.1 Å². The lowest BCUT2D eigenvalue weighted by atomic mass is 10.2. The zero-order valence-electron chi connectivity index (χ0n) is 8.06. The van der Waals surface area contributed by atoms with Gasteiger partial charge in [0.15, 0.2) is 0 Å². The average Bonchev–Trinajstić information content (AvgIpc) is 2.65. The molecule has 1 fully saturated rings. The first kappa shape index (κ1) is 10.4. The lowest BCUT2D eigenvalue weighted by molar-refractivity contribution is 0.0764. The summed E-state index contributed by atoms with van der Waals surface area (Å²) >= 11 is 5.62. The maximum absolute atomic E-state index is 11.8. The lowest BCUT2D eigenvalue weighted by Gasteiger charge is -2.14. The number of hydrogen-bond donors (Lipinski definition) is 1. The molecule has 2 rings (SSSR count). The normalized spacial score (nSPS) is 20.7. The third-order valence-corrected chi connectivity index (χ3v) is 2.65. The van der Waals surface area contributed by atoms with E-state index < -0.39 is 6.10 Å². The highest BCUT2D eigenvalue weighted by Gasteiger charge is 2.25. The molecule has 0 saturated carbocycles. The summed E-state index contributed by atoms with van der Waals surface area (Å²) in [7, 11) is 0. The van der Waals surface area contributed by atoms with E-state index in [9.17, 15) is 9.90 Å². The Bertz CT molecular complexity index is 366. The van der Waals surface area contributed by atoms with Crippen LogP contribution in [0.25, 0.3) is 0 Å². The first-order chi connectivity index (χ1) is 7.16. The van der Waals surface area contributed by atoms with Gasteiger partial charge in [-0.05, 0) is 18.6 Å². The molecule has 0 aromatic carbocycles. The Labute approximate surface area is 92.5 Å². The van der Waals surface area contributed by atoms with Crippen molar-refractivity contribution in [2.24, 2.45) is 0 Å². The van der Waals surface area contributed by atoms with E-state index in [-0.39, 0.29) is 5.91 Å². The molecule has 15 heavy (non-hydrogen) atoms. The van der Waals surface area contributed by atoms with Crippen molar-refractivity contribution in [1.29, 1.82) is 0 Å². The van der Waals surface area contributed by atoms with Crippen LogP contribution in [0.2, 0.25) is 5.15 Å². The number of carbonyl (C=O) groups excluding carboxylic acids is 1. The number of halogens is 1. The minimum atomic E-state index is -0.394. The van der Waals surface area contributed by atoms with Crippen LogP contribution in [-0.2, 0) is 0 Å². The number of β-amino-alcohol motifs (C(OH)–C–C–N with tert-alkyl or cyclic N) is 1. The minimum Gasteiger partial charge on any atom is -0.391 e. The van der Waals surface area contributed by atoms with E-state index in [4.69, 9.17) is 11.6 Å². The smallest absolute Gasteiger partial charge is 0.255 e. The number of carbonyl (C=O) groups is 1. The van der Waals surface area contributed by atoms with E-state index in [2.05, 4.69) is 4.98 Å². The highest BCUT2D eigenvalue weighted by Crippen LogP contribution is 2.14. The number of likely N-dealkylation sites (tertiary alicyclic amines) is 1. The Hall–Kier alpha value is -1.13. The molecule has 4 nitrogen and oxygen atoms in total. The Balaban J connectivity index is 2.11. The second kappa shape index (κ2) is 4.16. The number of rotatable bonds is 1. The van der Waals surface area contributed by atoms with Gasteiger partial charge in [-0.15, -0.1) is 0 Å². The SMILES string of the molecule is O=C(c1ccc(Cl)nc1)N1CC[C@H](O)C1. The second-order valence-electron chi connectivity index (χ2n) is 3.56. The molecule has 0 spiro atoms. The third kappa shape index (κ3) is 2.27. The fourth-order valence-corrected chi connectivity index (χ4v) is 1.72. The summed E-state index contributed by atoms with van der Waals surface area (Å²) in [6.45, 7) is 1.00. The molecule has 80 valence electrons. The first-order valence-corrected chi connectivity index (χ1v) is 5.13. The molecule has 1 aromatic heterocycles. The van der Waals surface area contributed by atoms with Crippen molar-refractivity contribution in [1.82, 2.24) is 9.88 Å². The Morgan fingerprint density at radius 1 is 1.60 bits per heavy atom. The Morgan fingerprint density at radius 3 is 2.93 bits per heavy atom. The maximum Gasteiger partial charge on any atom is 0.255 e. The summed E-state index contributed by atoms with van der Waals surface area (Å²) in [5.74, 6) is -0.101. The van der Waals surface area contributed by atoms with Crippen molar-refractivity contribution >= 4 is 17.5 Å². The molecular weight excluding hydrogens is 216 g/mol. The van der Waals surface area contributed by atoms with Crippen molar-refractivity contribution < 1.29 is 9.90 Å². The fraction of sp³-hybridized carbons (Fsp3) is 0.400. The van der Waals surface area contributed by atoms with Gasteiger partial charge < -0.3 is 10.0 Å². The molecule has 1 aromatic rings. The molecule has 0 aliphatic carbocycles. The van der Waals surface area contributed by atoms with Crippen LogP contribution in [0.15, 0.2) is 18.3 Å². The van der Waals surface area contributed by atoms with Crippen LogP contribution in [0.4, 0.5) is 0 Å². The van der Waals surface area contributed by atoms with Crippen LogP contribution in [0.5, 0.6) is 0 Å². The van der Waals surface area contributed by atoms with Gasteiger partial charge >= 0.3 is 0 Å². The van der Waals surface area contributed by atoms with E-state index in [1.807, 2.05) is 0 Å². The van der Waals surface area contributed by atoms with Crippen LogP contribution in [0, 0.1) is 0 Å². The first-order valence-electron chi connectivity index (χ1n) is 4.76. The number of amides is 1. The molecule has 5 heteroatoms. The number of nitrogens with zero attached hydrogens (tertiary/aromatic N) is 2. The van der Waals surface area contributed by atoms with Gasteiger partial charge in [0.25, 0.3) is 5.91 Å². The highest BCUT2D eigenvalue weighted by atomic mass is 35.5. The van der Waals surface area contributed by atoms with Gasteiger partial charge in [-0.2, -0.15) is 0 Å². The molecule has 0 radical (unpaired) electrons. The van der Waals surface area contributed by atoms with Crippen molar-refractivity contribution in [2.45, 2.75) is 12.5 Å². The second-order valence-corrected chi connectivity index (χ2v) is 3.95. The van der Waals surface area contributed by atoms with Gasteiger partial charge in [0.1, 0.15) is 5.15 Å². The molecule has 1 aliphatic rings. The summed E-state index contributed by atoms with van der Waals surface area (Å²) in [5.41, 5.74) is 0.508. The number of aliphatic hydroxyl groups is 1. The van der Waals surface area contributed by atoms with Gasteiger partial charge in [0, 0.05) is 19.3 Å². The molecule has 2 heterocycles. The molecule has 1 N–H and O–H groups in total. The topological polar surface area (TPSA) is 53.4 Å². The molecular formula is C10H11ClN2O2. The Morgan fingerprint density at radius 2 is 2.40 bits per heavy atom. The largest absolute Gasteiger partial charge is 0.391 e. The predicted molar refractivity (Wildman–Crippen MR) is 55.8 cm³/mol. The number of hydrogen-bond acceptors (Lipinski definition) is 3. The minimum absolute atomic E-state index is 0.101. The van der Waals surface area contributed by atoms with Gasteiger partial charge in [0.2, 0.25) is 0 Å².